The molecule has 1 rings (SSSR count). The third kappa shape index (κ3) is 4.40. The first-order chi connectivity index (χ1) is 6.42. The highest BCUT2D eigenvalue weighted by molar-refractivity contribution is 7.89. The van der Waals surface area contributed by atoms with E-state index in [-0.39, 0.29) is 18.2 Å². The van der Waals surface area contributed by atoms with Crippen LogP contribution < -0.4 is 10.5 Å². The molecule has 2 N–H and O–H groups in total. The lowest BCUT2D eigenvalue weighted by Gasteiger charge is -2.06. The zero-order chi connectivity index (χ0) is 10.8. The lowest BCUT2D eigenvalue weighted by atomic mass is 10.2. The number of nitrogens with two attached hydrogens (primary N) is 1. The summed E-state index contributed by atoms with van der Waals surface area (Å²) in [6.07, 6.45) is 1.19. The Morgan fingerprint density at radius 2 is 2.00 bits per heavy atom. The predicted octanol–water partition coefficient (Wildman–Crippen LogP) is 1.24. The van der Waals surface area contributed by atoms with E-state index in [2.05, 4.69) is 0 Å². The van der Waals surface area contributed by atoms with E-state index in [0.717, 1.165) is 0 Å². The van der Waals surface area contributed by atoms with E-state index in [1.165, 1.54) is 13.4 Å². The van der Waals surface area contributed by atoms with Crippen LogP contribution in [0, 0.1) is 0 Å². The van der Waals surface area contributed by atoms with E-state index in [0.29, 0.717) is 17.0 Å². The molecule has 0 aliphatic heterocycles. The van der Waals surface area contributed by atoms with Gasteiger partial charge >= 0.3 is 0 Å². The minimum atomic E-state index is -3.01. The van der Waals surface area contributed by atoms with Gasteiger partial charge in [0.2, 0.25) is 0 Å². The first-order valence-corrected chi connectivity index (χ1v) is 6.08. The molecule has 0 saturated heterocycles. The molecule has 4 nitrogen and oxygen atoms in total. The molecule has 1 aromatic carbocycles. The van der Waals surface area contributed by atoms with Gasteiger partial charge < -0.3 is 10.5 Å². The fourth-order valence-corrected chi connectivity index (χ4v) is 1.96. The zero-order valence-corrected chi connectivity index (χ0v) is 10.2. The standard InChI is InChI=1S/C9H13NO3S.ClH/c1-13-9-4-3-7(5-8(9)10)6-14(2,11)12;/h3-5H,6,10H2,1-2H3;1H. The van der Waals surface area contributed by atoms with Crippen molar-refractivity contribution in [3.05, 3.63) is 23.8 Å². The SMILES string of the molecule is COc1ccc(CS(C)(=O)=O)cc1N.Cl. The van der Waals surface area contributed by atoms with Crippen LogP contribution in [-0.2, 0) is 15.6 Å². The fraction of sp³-hybridized carbons (Fsp3) is 0.333. The molecule has 0 aromatic heterocycles. The molecule has 0 atom stereocenters. The van der Waals surface area contributed by atoms with Gasteiger partial charge in [0.1, 0.15) is 5.75 Å². The Morgan fingerprint density at radius 3 is 2.40 bits per heavy atom. The molecule has 0 spiro atoms. The van der Waals surface area contributed by atoms with Crippen LogP contribution in [0.15, 0.2) is 18.2 Å². The normalized spacial score (nSPS) is 10.5. The zero-order valence-electron chi connectivity index (χ0n) is 8.56. The predicted molar refractivity (Wildman–Crippen MR) is 63.2 cm³/mol. The average molecular weight is 252 g/mol. The number of methoxy groups -OCH3 is 1. The van der Waals surface area contributed by atoms with Crippen LogP contribution >= 0.6 is 12.4 Å². The molecule has 0 unspecified atom stereocenters. The van der Waals surface area contributed by atoms with Gasteiger partial charge in [0.05, 0.1) is 18.6 Å². The Kier molecular flexibility index (Phi) is 4.90. The Balaban J connectivity index is 0.00000196. The van der Waals surface area contributed by atoms with Crippen molar-refractivity contribution in [2.75, 3.05) is 19.1 Å². The van der Waals surface area contributed by atoms with Gasteiger partial charge in [-0.15, -0.1) is 12.4 Å². The van der Waals surface area contributed by atoms with Crippen molar-refractivity contribution in [1.29, 1.82) is 0 Å². The van der Waals surface area contributed by atoms with Crippen LogP contribution in [0.5, 0.6) is 5.75 Å². The lowest BCUT2D eigenvalue weighted by molar-refractivity contribution is 0.417. The summed E-state index contributed by atoms with van der Waals surface area (Å²) in [5.41, 5.74) is 6.76. The number of sulfone groups is 1. The highest BCUT2D eigenvalue weighted by atomic mass is 35.5. The van der Waals surface area contributed by atoms with Gasteiger partial charge in [0.25, 0.3) is 0 Å². The summed E-state index contributed by atoms with van der Waals surface area (Å²) in [6.45, 7) is 0. The Labute approximate surface area is 95.8 Å². The van der Waals surface area contributed by atoms with Crippen molar-refractivity contribution in [3.8, 4) is 5.75 Å². The summed E-state index contributed by atoms with van der Waals surface area (Å²) in [5, 5.41) is 0. The molecule has 0 amide bonds. The van der Waals surface area contributed by atoms with Crippen LogP contribution in [0.3, 0.4) is 0 Å². The Hall–Kier alpha value is -0.940. The molecular weight excluding hydrogens is 238 g/mol. The van der Waals surface area contributed by atoms with E-state index in [9.17, 15) is 8.42 Å². The summed E-state index contributed by atoms with van der Waals surface area (Å²) in [7, 11) is -1.49. The molecule has 0 aliphatic carbocycles. The Morgan fingerprint density at radius 1 is 1.40 bits per heavy atom. The number of anilines is 1. The van der Waals surface area contributed by atoms with Crippen LogP contribution in [0.2, 0.25) is 0 Å². The molecule has 0 radical (unpaired) electrons. The van der Waals surface area contributed by atoms with Gasteiger partial charge in [-0.2, -0.15) is 0 Å². The van der Waals surface area contributed by atoms with Crippen LogP contribution in [0.1, 0.15) is 5.56 Å². The van der Waals surface area contributed by atoms with Crippen LogP contribution in [0.4, 0.5) is 5.69 Å². The summed E-state index contributed by atoms with van der Waals surface area (Å²) >= 11 is 0. The van der Waals surface area contributed by atoms with Crippen molar-refractivity contribution < 1.29 is 13.2 Å². The van der Waals surface area contributed by atoms with Crippen LogP contribution in [0.25, 0.3) is 0 Å². The molecule has 0 fully saturated rings. The number of nitrogen functional groups attached to an aromatic ring is 1. The van der Waals surface area contributed by atoms with Gasteiger partial charge in [-0.05, 0) is 17.7 Å². The maximum atomic E-state index is 11.0. The van der Waals surface area contributed by atoms with Crippen molar-refractivity contribution in [2.24, 2.45) is 0 Å². The Bertz CT molecular complexity index is 431. The monoisotopic (exact) mass is 251 g/mol. The summed E-state index contributed by atoms with van der Waals surface area (Å²) < 4.78 is 26.9. The maximum absolute atomic E-state index is 11.0. The molecule has 0 heterocycles. The number of hydrogen-bond acceptors (Lipinski definition) is 4. The quantitative estimate of drug-likeness (QED) is 0.821. The highest BCUT2D eigenvalue weighted by Gasteiger charge is 2.06. The van der Waals surface area contributed by atoms with E-state index < -0.39 is 9.84 Å². The number of rotatable bonds is 3. The molecule has 15 heavy (non-hydrogen) atoms. The summed E-state index contributed by atoms with van der Waals surface area (Å²) in [5.74, 6) is 0.559. The smallest absolute Gasteiger partial charge is 0.151 e. The third-order valence-corrected chi connectivity index (χ3v) is 2.58. The summed E-state index contributed by atoms with van der Waals surface area (Å²) in [6, 6.07) is 4.96. The topological polar surface area (TPSA) is 69.4 Å². The highest BCUT2D eigenvalue weighted by Crippen LogP contribution is 2.22. The summed E-state index contributed by atoms with van der Waals surface area (Å²) in [4.78, 5) is 0. The van der Waals surface area contributed by atoms with Crippen molar-refractivity contribution >= 4 is 27.9 Å². The van der Waals surface area contributed by atoms with Gasteiger partial charge in [0, 0.05) is 6.26 Å². The van der Waals surface area contributed by atoms with E-state index in [4.69, 9.17) is 10.5 Å². The van der Waals surface area contributed by atoms with Crippen molar-refractivity contribution in [2.45, 2.75) is 5.75 Å². The number of ether oxygens (including phenoxy) is 1. The minimum Gasteiger partial charge on any atom is -0.495 e. The number of halogens is 1. The second-order valence-electron chi connectivity index (χ2n) is 3.15. The fourth-order valence-electron chi connectivity index (χ4n) is 1.18. The molecule has 6 heteroatoms. The van der Waals surface area contributed by atoms with Gasteiger partial charge in [-0.25, -0.2) is 8.42 Å². The second-order valence-corrected chi connectivity index (χ2v) is 5.29. The van der Waals surface area contributed by atoms with Gasteiger partial charge in [-0.1, -0.05) is 6.07 Å². The molecular formula is C9H14ClNO3S. The molecule has 0 bridgehead atoms. The van der Waals surface area contributed by atoms with E-state index in [1.54, 1.807) is 18.2 Å². The maximum Gasteiger partial charge on any atom is 0.151 e. The first kappa shape index (κ1) is 14.1. The number of benzene rings is 1. The van der Waals surface area contributed by atoms with Crippen molar-refractivity contribution in [3.63, 3.8) is 0 Å². The second kappa shape index (κ2) is 5.23. The van der Waals surface area contributed by atoms with Crippen molar-refractivity contribution in [1.82, 2.24) is 0 Å². The van der Waals surface area contributed by atoms with Gasteiger partial charge in [0.15, 0.2) is 9.84 Å². The van der Waals surface area contributed by atoms with E-state index >= 15 is 0 Å². The molecule has 0 saturated carbocycles. The largest absolute Gasteiger partial charge is 0.495 e. The number of hydrogen-bond donors (Lipinski definition) is 1. The lowest BCUT2D eigenvalue weighted by Crippen LogP contribution is -2.02. The average Bonchev–Trinajstić information content (AvgIpc) is 2.01. The minimum absolute atomic E-state index is 0. The first-order valence-electron chi connectivity index (χ1n) is 4.02. The van der Waals surface area contributed by atoms with Crippen LogP contribution in [-0.4, -0.2) is 21.8 Å². The van der Waals surface area contributed by atoms with E-state index in [1.807, 2.05) is 0 Å². The molecule has 86 valence electrons. The van der Waals surface area contributed by atoms with Gasteiger partial charge in [-0.3, -0.25) is 0 Å². The molecule has 1 aromatic rings. The molecule has 0 aliphatic rings. The third-order valence-electron chi connectivity index (χ3n) is 1.72.